The van der Waals surface area contributed by atoms with Crippen LogP contribution < -0.4 is 10.6 Å². The lowest BCUT2D eigenvalue weighted by Gasteiger charge is -2.35. The number of amides is 1. The molecule has 0 saturated carbocycles. The maximum atomic E-state index is 13.4. The molecular weight excluding hydrogens is 311 g/mol. The smallest absolute Gasteiger partial charge is 0.231 e. The zero-order valence-corrected chi connectivity index (χ0v) is 12.5. The Morgan fingerprint density at radius 3 is 2.95 bits per heavy atom. The lowest BCUT2D eigenvalue weighted by atomic mass is 9.77. The quantitative estimate of drug-likeness (QED) is 0.893. The fourth-order valence-electron chi connectivity index (χ4n) is 2.46. The van der Waals surface area contributed by atoms with Gasteiger partial charge in [0.1, 0.15) is 5.82 Å². The summed E-state index contributed by atoms with van der Waals surface area (Å²) in [5.74, 6) is -0.394. The minimum Gasteiger partial charge on any atom is -0.325 e. The number of hydrogen-bond acceptors (Lipinski definition) is 2. The van der Waals surface area contributed by atoms with Gasteiger partial charge >= 0.3 is 0 Å². The number of carbonyl (C=O) groups is 1. The first kappa shape index (κ1) is 14.5. The van der Waals surface area contributed by atoms with E-state index in [4.69, 9.17) is 0 Å². The molecule has 1 aromatic carbocycles. The Labute approximate surface area is 121 Å². The van der Waals surface area contributed by atoms with Crippen molar-refractivity contribution in [3.63, 3.8) is 0 Å². The number of benzene rings is 1. The Balaban J connectivity index is 2.12. The van der Waals surface area contributed by atoms with Crippen LogP contribution >= 0.6 is 15.9 Å². The fraction of sp³-hybridized carbons (Fsp3) is 0.500. The first-order valence-electron chi connectivity index (χ1n) is 6.54. The molecule has 1 heterocycles. The van der Waals surface area contributed by atoms with Gasteiger partial charge in [-0.2, -0.15) is 0 Å². The van der Waals surface area contributed by atoms with E-state index in [-0.39, 0.29) is 17.1 Å². The molecule has 3 nitrogen and oxygen atoms in total. The summed E-state index contributed by atoms with van der Waals surface area (Å²) in [5.41, 5.74) is 0.131. The van der Waals surface area contributed by atoms with Crippen LogP contribution in [0.5, 0.6) is 0 Å². The van der Waals surface area contributed by atoms with Crippen molar-refractivity contribution in [3.05, 3.63) is 28.5 Å². The van der Waals surface area contributed by atoms with Gasteiger partial charge in [-0.25, -0.2) is 4.39 Å². The number of anilines is 1. The van der Waals surface area contributed by atoms with Crippen molar-refractivity contribution in [2.75, 3.05) is 18.4 Å². The highest BCUT2D eigenvalue weighted by Gasteiger charge is 2.37. The summed E-state index contributed by atoms with van der Waals surface area (Å²) in [4.78, 5) is 12.4. The molecule has 1 saturated heterocycles. The lowest BCUT2D eigenvalue weighted by Crippen LogP contribution is -2.47. The third-order valence-electron chi connectivity index (χ3n) is 3.81. The van der Waals surface area contributed by atoms with Crippen LogP contribution in [-0.2, 0) is 4.79 Å². The molecule has 1 aliphatic rings. The van der Waals surface area contributed by atoms with Crippen molar-refractivity contribution in [1.29, 1.82) is 0 Å². The predicted molar refractivity (Wildman–Crippen MR) is 77.6 cm³/mol. The molecule has 0 aromatic heterocycles. The zero-order chi connectivity index (χ0) is 13.9. The molecule has 0 aliphatic carbocycles. The SMILES string of the molecule is CCC1(C(=O)Nc2ccc(Br)c(F)c2)CCCNC1. The highest BCUT2D eigenvalue weighted by molar-refractivity contribution is 9.10. The normalized spacial score (nSPS) is 23.1. The van der Waals surface area contributed by atoms with E-state index in [2.05, 4.69) is 26.6 Å². The second-order valence-corrected chi connectivity index (χ2v) is 5.85. The Morgan fingerprint density at radius 1 is 1.58 bits per heavy atom. The van der Waals surface area contributed by atoms with Crippen LogP contribution in [0.1, 0.15) is 26.2 Å². The Hall–Kier alpha value is -0.940. The number of nitrogens with one attached hydrogen (secondary N) is 2. The molecule has 2 rings (SSSR count). The lowest BCUT2D eigenvalue weighted by molar-refractivity contribution is -0.126. The molecule has 1 aromatic rings. The summed E-state index contributed by atoms with van der Waals surface area (Å²) >= 11 is 3.10. The van der Waals surface area contributed by atoms with Crippen LogP contribution in [0.4, 0.5) is 10.1 Å². The van der Waals surface area contributed by atoms with E-state index in [9.17, 15) is 9.18 Å². The van der Waals surface area contributed by atoms with Gasteiger partial charge in [-0.3, -0.25) is 4.79 Å². The van der Waals surface area contributed by atoms with Crippen molar-refractivity contribution >= 4 is 27.5 Å². The topological polar surface area (TPSA) is 41.1 Å². The molecule has 1 atom stereocenters. The molecule has 19 heavy (non-hydrogen) atoms. The average molecular weight is 329 g/mol. The molecule has 104 valence electrons. The van der Waals surface area contributed by atoms with Crippen molar-refractivity contribution in [1.82, 2.24) is 5.32 Å². The highest BCUT2D eigenvalue weighted by atomic mass is 79.9. The summed E-state index contributed by atoms with van der Waals surface area (Å²) in [7, 11) is 0. The van der Waals surface area contributed by atoms with Gasteiger partial charge < -0.3 is 10.6 Å². The monoisotopic (exact) mass is 328 g/mol. The van der Waals surface area contributed by atoms with Crippen LogP contribution in [0.25, 0.3) is 0 Å². The zero-order valence-electron chi connectivity index (χ0n) is 10.9. The molecule has 5 heteroatoms. The molecule has 1 unspecified atom stereocenters. The van der Waals surface area contributed by atoms with Crippen LogP contribution in [0.3, 0.4) is 0 Å². The first-order chi connectivity index (χ1) is 9.07. The summed E-state index contributed by atoms with van der Waals surface area (Å²) in [6, 6.07) is 4.63. The predicted octanol–water partition coefficient (Wildman–Crippen LogP) is 3.31. The van der Waals surface area contributed by atoms with Gasteiger partial charge in [0, 0.05) is 12.2 Å². The summed E-state index contributed by atoms with van der Waals surface area (Å²) in [6.45, 7) is 3.67. The number of carbonyl (C=O) groups excluding carboxylic acids is 1. The van der Waals surface area contributed by atoms with E-state index >= 15 is 0 Å². The third-order valence-corrected chi connectivity index (χ3v) is 4.45. The standard InChI is InChI=1S/C14H18BrFN2O/c1-2-14(6-3-7-17-9-14)13(19)18-10-4-5-11(15)12(16)8-10/h4-5,8,17H,2-3,6-7,9H2,1H3,(H,18,19). The Bertz CT molecular complexity index is 473. The Kier molecular flexibility index (Phi) is 4.58. The van der Waals surface area contributed by atoms with Crippen molar-refractivity contribution in [3.8, 4) is 0 Å². The fourth-order valence-corrected chi connectivity index (χ4v) is 2.71. The van der Waals surface area contributed by atoms with E-state index < -0.39 is 0 Å². The Morgan fingerprint density at radius 2 is 2.37 bits per heavy atom. The second-order valence-electron chi connectivity index (χ2n) is 5.00. The van der Waals surface area contributed by atoms with Crippen molar-refractivity contribution < 1.29 is 9.18 Å². The van der Waals surface area contributed by atoms with Crippen molar-refractivity contribution in [2.24, 2.45) is 5.41 Å². The molecular formula is C14H18BrFN2O. The average Bonchev–Trinajstić information content (AvgIpc) is 2.43. The largest absolute Gasteiger partial charge is 0.325 e. The van der Waals surface area contributed by atoms with Crippen LogP contribution in [-0.4, -0.2) is 19.0 Å². The number of hydrogen-bond donors (Lipinski definition) is 2. The van der Waals surface area contributed by atoms with Crippen molar-refractivity contribution in [2.45, 2.75) is 26.2 Å². The van der Waals surface area contributed by atoms with Gasteiger partial charge in [-0.15, -0.1) is 0 Å². The first-order valence-corrected chi connectivity index (χ1v) is 7.34. The van der Waals surface area contributed by atoms with Gasteiger partial charge in [0.25, 0.3) is 0 Å². The van der Waals surface area contributed by atoms with E-state index in [1.807, 2.05) is 6.92 Å². The van der Waals surface area contributed by atoms with Gasteiger partial charge in [-0.05, 0) is 59.9 Å². The third kappa shape index (κ3) is 3.15. The van der Waals surface area contributed by atoms with E-state index in [0.29, 0.717) is 16.7 Å². The molecule has 0 bridgehead atoms. The maximum absolute atomic E-state index is 13.4. The van der Waals surface area contributed by atoms with Gasteiger partial charge in [0.15, 0.2) is 0 Å². The summed E-state index contributed by atoms with van der Waals surface area (Å²) < 4.78 is 13.8. The molecule has 0 spiro atoms. The highest BCUT2D eigenvalue weighted by Crippen LogP contribution is 2.32. The van der Waals surface area contributed by atoms with Crippen LogP contribution in [0.2, 0.25) is 0 Å². The molecule has 2 N–H and O–H groups in total. The minimum absolute atomic E-state index is 0.0241. The van der Waals surface area contributed by atoms with E-state index in [0.717, 1.165) is 25.8 Å². The van der Waals surface area contributed by atoms with Gasteiger partial charge in [-0.1, -0.05) is 6.92 Å². The van der Waals surface area contributed by atoms with Crippen LogP contribution in [0.15, 0.2) is 22.7 Å². The summed E-state index contributed by atoms with van der Waals surface area (Å²) in [6.07, 6.45) is 2.65. The second kappa shape index (κ2) is 6.01. The molecule has 0 radical (unpaired) electrons. The molecule has 1 amide bonds. The maximum Gasteiger partial charge on any atom is 0.231 e. The van der Waals surface area contributed by atoms with Crippen LogP contribution in [0, 0.1) is 11.2 Å². The summed E-state index contributed by atoms with van der Waals surface area (Å²) in [5, 5.41) is 6.10. The molecule has 1 fully saturated rings. The number of piperidine rings is 1. The van der Waals surface area contributed by atoms with Gasteiger partial charge in [0.05, 0.1) is 9.89 Å². The number of halogens is 2. The van der Waals surface area contributed by atoms with Gasteiger partial charge in [0.2, 0.25) is 5.91 Å². The number of rotatable bonds is 3. The van der Waals surface area contributed by atoms with E-state index in [1.165, 1.54) is 6.07 Å². The van der Waals surface area contributed by atoms with E-state index in [1.54, 1.807) is 12.1 Å². The molecule has 1 aliphatic heterocycles. The minimum atomic E-state index is -0.373.